The summed E-state index contributed by atoms with van der Waals surface area (Å²) in [5.41, 5.74) is -4.03. The van der Waals surface area contributed by atoms with Crippen LogP contribution in [0, 0.1) is 17.8 Å². The van der Waals surface area contributed by atoms with Crippen molar-refractivity contribution >= 4 is 44.6 Å². The molecule has 1 aromatic carbocycles. The number of rotatable bonds is 10. The van der Waals surface area contributed by atoms with E-state index in [1.165, 1.54) is 20.4 Å². The zero-order valence-corrected chi connectivity index (χ0v) is 34.6. The highest BCUT2D eigenvalue weighted by Gasteiger charge is 2.62. The van der Waals surface area contributed by atoms with E-state index in [-0.39, 0.29) is 37.6 Å². The Balaban J connectivity index is 1.43. The number of fused-ring (bicyclic) bond motifs is 3. The third kappa shape index (κ3) is 8.25. The van der Waals surface area contributed by atoms with Crippen LogP contribution in [0.15, 0.2) is 36.5 Å². The molecule has 0 spiro atoms. The number of allylic oxidation sites excluding steroid dienone is 1. The average Bonchev–Trinajstić information content (AvgIpc) is 4.07. The van der Waals surface area contributed by atoms with Crippen molar-refractivity contribution in [1.29, 1.82) is 0 Å². The first-order valence-corrected chi connectivity index (χ1v) is 21.1. The third-order valence-corrected chi connectivity index (χ3v) is 14.1. The molecule has 18 heteroatoms. The van der Waals surface area contributed by atoms with Gasteiger partial charge < -0.3 is 29.5 Å². The van der Waals surface area contributed by atoms with Crippen molar-refractivity contribution in [2.45, 2.75) is 120 Å². The molecule has 4 aliphatic rings. The molecule has 0 unspecified atom stereocenters. The maximum atomic E-state index is 15.4. The molecule has 2 aliphatic carbocycles. The fourth-order valence-electron chi connectivity index (χ4n) is 8.28. The van der Waals surface area contributed by atoms with Crippen LogP contribution in [0.3, 0.4) is 0 Å². The normalized spacial score (nSPS) is 28.9. The summed E-state index contributed by atoms with van der Waals surface area (Å²) in [5, 5.41) is 13.9. The number of nitrogens with zero attached hydrogens (tertiary/aromatic N) is 3. The van der Waals surface area contributed by atoms with Gasteiger partial charge in [-0.05, 0) is 87.8 Å². The van der Waals surface area contributed by atoms with Gasteiger partial charge in [0.25, 0.3) is 11.8 Å². The molecular weight excluding hydrogens is 781 g/mol. The standard InChI is InChI=1S/C40H53F2N5O10S/c1-22-10-8-9-11-25-20-40(25,36(50)45-58(53,54)27-12-13-27)44-33(48)29-18-26(57-34-28-19-31(56-7)30(55-6)17-24(28)14-15-43-34)21-46(29)35(49)32(23(2)16-22)47(37(51)52)38(3,4)39(5,41)42/h9,11,14-15,17,19,22-23,25-27,29,32H,8,10,12-13,16,18,20-21H2,1-7H3,(H,44,48)(H,45,50)(H,51,52)/b11-9-/t22-,23-,25-,26-,29+,32+,40-/m1/s1. The Hall–Kier alpha value is -4.74. The van der Waals surface area contributed by atoms with Crippen LogP contribution in [0.2, 0.25) is 0 Å². The van der Waals surface area contributed by atoms with Gasteiger partial charge in [0.2, 0.25) is 27.7 Å². The van der Waals surface area contributed by atoms with Crippen molar-refractivity contribution in [3.63, 3.8) is 0 Å². The van der Waals surface area contributed by atoms with E-state index in [0.717, 1.165) is 18.7 Å². The summed E-state index contributed by atoms with van der Waals surface area (Å²) in [6, 6.07) is 2.06. The summed E-state index contributed by atoms with van der Waals surface area (Å²) in [4.78, 5) is 62.7. The van der Waals surface area contributed by atoms with Crippen LogP contribution in [0.5, 0.6) is 17.4 Å². The van der Waals surface area contributed by atoms with Gasteiger partial charge in [-0.2, -0.15) is 0 Å². The number of methoxy groups -OCH3 is 2. The highest BCUT2D eigenvalue weighted by molar-refractivity contribution is 7.91. The number of pyridine rings is 1. The minimum atomic E-state index is -4.00. The number of sulfonamides is 1. The van der Waals surface area contributed by atoms with Crippen LogP contribution in [0.4, 0.5) is 13.6 Å². The minimum absolute atomic E-state index is 0.0921. The monoisotopic (exact) mass is 833 g/mol. The molecule has 3 heterocycles. The van der Waals surface area contributed by atoms with Crippen molar-refractivity contribution in [1.82, 2.24) is 24.8 Å². The van der Waals surface area contributed by atoms with E-state index in [9.17, 15) is 27.9 Å². The second-order valence-electron chi connectivity index (χ2n) is 16.8. The lowest BCUT2D eigenvalue weighted by Gasteiger charge is -2.47. The Morgan fingerprint density at radius 3 is 2.36 bits per heavy atom. The number of nitrogens with one attached hydrogen (secondary N) is 2. The Labute approximate surface area is 336 Å². The number of ether oxygens (including phenoxy) is 3. The smallest absolute Gasteiger partial charge is 0.408 e. The third-order valence-electron chi connectivity index (χ3n) is 12.2. The summed E-state index contributed by atoms with van der Waals surface area (Å²) < 4.78 is 76.1. The van der Waals surface area contributed by atoms with E-state index in [0.29, 0.717) is 59.8 Å². The number of carboxylic acid groups (broad SMARTS) is 1. The summed E-state index contributed by atoms with van der Waals surface area (Å²) in [6.07, 6.45) is 4.57. The lowest BCUT2D eigenvalue weighted by Crippen LogP contribution is -2.66. The van der Waals surface area contributed by atoms with E-state index in [4.69, 9.17) is 14.2 Å². The largest absolute Gasteiger partial charge is 0.493 e. The van der Waals surface area contributed by atoms with Gasteiger partial charge in [-0.15, -0.1) is 0 Å². The molecule has 318 valence electrons. The molecule has 2 saturated carbocycles. The van der Waals surface area contributed by atoms with E-state index in [1.54, 1.807) is 31.2 Å². The molecule has 4 amide bonds. The van der Waals surface area contributed by atoms with Gasteiger partial charge in [0.05, 0.1) is 26.0 Å². The molecule has 6 rings (SSSR count). The fraction of sp³-hybridized carbons (Fsp3) is 0.625. The number of benzene rings is 1. The number of alkyl halides is 2. The molecule has 58 heavy (non-hydrogen) atoms. The zero-order chi connectivity index (χ0) is 42.5. The Bertz CT molecular complexity index is 2090. The summed E-state index contributed by atoms with van der Waals surface area (Å²) in [6.45, 7) is 5.99. The molecule has 1 aromatic heterocycles. The van der Waals surface area contributed by atoms with Crippen molar-refractivity contribution in [3.05, 3.63) is 36.5 Å². The van der Waals surface area contributed by atoms with Crippen LogP contribution in [0.1, 0.15) is 79.6 Å². The second-order valence-corrected chi connectivity index (χ2v) is 18.8. The van der Waals surface area contributed by atoms with E-state index in [1.807, 2.05) is 13.0 Å². The maximum Gasteiger partial charge on any atom is 0.408 e. The highest BCUT2D eigenvalue weighted by atomic mass is 32.2. The van der Waals surface area contributed by atoms with Crippen LogP contribution < -0.4 is 24.2 Å². The molecule has 15 nitrogen and oxygen atoms in total. The fourth-order valence-corrected chi connectivity index (χ4v) is 9.65. The molecule has 0 radical (unpaired) electrons. The van der Waals surface area contributed by atoms with Crippen LogP contribution in [0.25, 0.3) is 10.8 Å². The minimum Gasteiger partial charge on any atom is -0.493 e. The zero-order valence-electron chi connectivity index (χ0n) is 33.8. The number of aromatic nitrogens is 1. The highest BCUT2D eigenvalue weighted by Crippen LogP contribution is 2.47. The molecule has 2 aliphatic heterocycles. The number of carbonyl (C=O) groups is 4. The molecular formula is C40H53F2N5O10S. The van der Waals surface area contributed by atoms with Gasteiger partial charge >= 0.3 is 6.09 Å². The van der Waals surface area contributed by atoms with Crippen molar-refractivity contribution in [2.24, 2.45) is 17.8 Å². The number of carbonyl (C=O) groups excluding carboxylic acids is 3. The number of amides is 4. The van der Waals surface area contributed by atoms with Gasteiger partial charge in [0.15, 0.2) is 11.5 Å². The van der Waals surface area contributed by atoms with Crippen LogP contribution >= 0.6 is 0 Å². The SMILES string of the molecule is COc1cc2ccnc(O[C@@H]3C[C@H]4C(=O)N[C@]5(C(=O)NS(=O)(=O)C6CC6)C[C@H]5/C=C\CC[C@@H](C)C[C@@H](C)[C@H](N(C(=O)O)C(C)(C)C(C)(F)F)C(=O)N4C3)c2cc1OC. The van der Waals surface area contributed by atoms with E-state index >= 15 is 13.6 Å². The quantitative estimate of drug-likeness (QED) is 0.277. The molecule has 2 aromatic rings. The van der Waals surface area contributed by atoms with Gasteiger partial charge in [-0.3, -0.25) is 24.0 Å². The molecule has 3 fully saturated rings. The van der Waals surface area contributed by atoms with Gasteiger partial charge in [0, 0.05) is 30.8 Å². The Kier molecular flexibility index (Phi) is 11.7. The van der Waals surface area contributed by atoms with Crippen LogP contribution in [-0.2, 0) is 24.4 Å². The van der Waals surface area contributed by atoms with Gasteiger partial charge in [-0.25, -0.2) is 27.0 Å². The van der Waals surface area contributed by atoms with Gasteiger partial charge in [-0.1, -0.05) is 26.0 Å². The Morgan fingerprint density at radius 1 is 1.07 bits per heavy atom. The second kappa shape index (κ2) is 15.8. The lowest BCUT2D eigenvalue weighted by atomic mass is 9.84. The summed E-state index contributed by atoms with van der Waals surface area (Å²) in [7, 11) is -1.04. The van der Waals surface area contributed by atoms with Crippen molar-refractivity contribution in [3.8, 4) is 17.4 Å². The molecule has 0 bridgehead atoms. The van der Waals surface area contributed by atoms with Crippen molar-refractivity contribution < 1.29 is 55.7 Å². The number of hydrogen-bond acceptors (Lipinski definition) is 10. The predicted molar refractivity (Wildman–Crippen MR) is 208 cm³/mol. The number of halogens is 2. The lowest BCUT2D eigenvalue weighted by molar-refractivity contribution is -0.156. The average molecular weight is 834 g/mol. The number of hydrogen-bond donors (Lipinski definition) is 3. The predicted octanol–water partition coefficient (Wildman–Crippen LogP) is 4.88. The first-order chi connectivity index (χ1) is 27.1. The molecule has 7 atom stereocenters. The van der Waals surface area contributed by atoms with E-state index in [2.05, 4.69) is 15.0 Å². The summed E-state index contributed by atoms with van der Waals surface area (Å²) >= 11 is 0. The first kappa shape index (κ1) is 42.9. The van der Waals surface area contributed by atoms with Gasteiger partial charge in [0.1, 0.15) is 29.3 Å². The van der Waals surface area contributed by atoms with Crippen molar-refractivity contribution in [2.75, 3.05) is 20.8 Å². The Morgan fingerprint density at radius 2 is 1.74 bits per heavy atom. The first-order valence-electron chi connectivity index (χ1n) is 19.6. The summed E-state index contributed by atoms with van der Waals surface area (Å²) in [5.74, 6) is -6.69. The van der Waals surface area contributed by atoms with E-state index < -0.39 is 86.1 Å². The maximum absolute atomic E-state index is 15.4. The molecule has 3 N–H and O–H groups in total. The topological polar surface area (TPSA) is 194 Å². The van der Waals surface area contributed by atoms with Crippen LogP contribution in [-0.4, -0.2) is 113 Å². The molecule has 1 saturated heterocycles.